The number of methoxy groups -OCH3 is 1. The van der Waals surface area contributed by atoms with Crippen molar-refractivity contribution in [1.82, 2.24) is 4.31 Å². The maximum absolute atomic E-state index is 13.3. The Morgan fingerprint density at radius 1 is 1.18 bits per heavy atom. The van der Waals surface area contributed by atoms with Crippen molar-refractivity contribution in [3.8, 4) is 5.75 Å². The van der Waals surface area contributed by atoms with Crippen molar-refractivity contribution in [2.75, 3.05) is 25.5 Å². The van der Waals surface area contributed by atoms with Crippen molar-refractivity contribution >= 4 is 33.2 Å². The third kappa shape index (κ3) is 4.45. The Labute approximate surface area is 168 Å². The lowest BCUT2D eigenvalue weighted by atomic mass is 9.97. The summed E-state index contributed by atoms with van der Waals surface area (Å²) in [5.74, 6) is -0.413. The number of hydrogen-bond acceptors (Lipinski definition) is 4. The number of anilines is 1. The average Bonchev–Trinajstić information content (AvgIpc) is 2.70. The number of benzene rings is 2. The number of hydrogen-bond donors (Lipinski definition) is 1. The van der Waals surface area contributed by atoms with Crippen LogP contribution in [0.1, 0.15) is 12.8 Å². The van der Waals surface area contributed by atoms with Crippen molar-refractivity contribution < 1.29 is 22.3 Å². The number of carbonyl (C=O) groups excluding carboxylic acids is 1. The van der Waals surface area contributed by atoms with Crippen molar-refractivity contribution in [2.24, 2.45) is 5.92 Å². The SMILES string of the molecule is COc1ccc(NC(=O)C2CCN(S(=O)(=O)c3ccc(F)c(Cl)c3)CC2)cc1. The van der Waals surface area contributed by atoms with Gasteiger partial charge >= 0.3 is 0 Å². The molecule has 1 N–H and O–H groups in total. The number of carbonyl (C=O) groups is 1. The second-order valence-electron chi connectivity index (χ2n) is 6.47. The van der Waals surface area contributed by atoms with Crippen LogP contribution in [0.3, 0.4) is 0 Å². The second kappa shape index (κ2) is 8.46. The van der Waals surface area contributed by atoms with Crippen LogP contribution in [-0.2, 0) is 14.8 Å². The van der Waals surface area contributed by atoms with Crippen LogP contribution in [0.5, 0.6) is 5.75 Å². The minimum Gasteiger partial charge on any atom is -0.497 e. The molecule has 0 atom stereocenters. The summed E-state index contributed by atoms with van der Waals surface area (Å²) in [5, 5.41) is 2.60. The number of ether oxygens (including phenoxy) is 1. The lowest BCUT2D eigenvalue weighted by molar-refractivity contribution is -0.120. The molecule has 1 amide bonds. The van der Waals surface area contributed by atoms with Gasteiger partial charge < -0.3 is 10.1 Å². The van der Waals surface area contributed by atoms with E-state index in [1.54, 1.807) is 31.4 Å². The zero-order chi connectivity index (χ0) is 20.3. The Balaban J connectivity index is 1.61. The van der Waals surface area contributed by atoms with E-state index >= 15 is 0 Å². The summed E-state index contributed by atoms with van der Waals surface area (Å²) in [7, 11) is -2.22. The second-order valence-corrected chi connectivity index (χ2v) is 8.82. The Bertz CT molecular complexity index is 958. The summed E-state index contributed by atoms with van der Waals surface area (Å²) in [5.41, 5.74) is 0.654. The molecule has 6 nitrogen and oxygen atoms in total. The monoisotopic (exact) mass is 426 g/mol. The Morgan fingerprint density at radius 2 is 1.82 bits per heavy atom. The molecule has 150 valence electrons. The summed E-state index contributed by atoms with van der Waals surface area (Å²) >= 11 is 5.70. The third-order valence-electron chi connectivity index (χ3n) is 4.71. The van der Waals surface area contributed by atoms with E-state index in [9.17, 15) is 17.6 Å². The Kier molecular flexibility index (Phi) is 6.22. The molecule has 0 aliphatic carbocycles. The zero-order valence-corrected chi connectivity index (χ0v) is 16.8. The van der Waals surface area contributed by atoms with Gasteiger partial charge in [-0.15, -0.1) is 0 Å². The van der Waals surface area contributed by atoms with Crippen LogP contribution in [0.15, 0.2) is 47.4 Å². The van der Waals surface area contributed by atoms with E-state index in [1.807, 2.05) is 0 Å². The normalized spacial score (nSPS) is 16.0. The predicted molar refractivity (Wildman–Crippen MR) is 105 cm³/mol. The molecule has 28 heavy (non-hydrogen) atoms. The van der Waals surface area contributed by atoms with Gasteiger partial charge in [-0.1, -0.05) is 11.6 Å². The number of rotatable bonds is 5. The van der Waals surface area contributed by atoms with E-state index in [1.165, 1.54) is 10.4 Å². The fourth-order valence-corrected chi connectivity index (χ4v) is 4.81. The molecule has 2 aromatic rings. The van der Waals surface area contributed by atoms with Crippen LogP contribution in [0, 0.1) is 11.7 Å². The van der Waals surface area contributed by atoms with E-state index in [2.05, 4.69) is 5.32 Å². The number of sulfonamides is 1. The highest BCUT2D eigenvalue weighted by atomic mass is 35.5. The van der Waals surface area contributed by atoms with Gasteiger partial charge in [0.25, 0.3) is 0 Å². The third-order valence-corrected chi connectivity index (χ3v) is 6.90. The van der Waals surface area contributed by atoms with E-state index in [0.717, 1.165) is 12.1 Å². The summed E-state index contributed by atoms with van der Waals surface area (Å²) in [6, 6.07) is 10.3. The molecule has 1 aliphatic rings. The molecule has 1 aliphatic heterocycles. The molecule has 0 saturated carbocycles. The van der Waals surface area contributed by atoms with Gasteiger partial charge in [0.2, 0.25) is 15.9 Å². The van der Waals surface area contributed by atoms with Crippen molar-refractivity contribution in [2.45, 2.75) is 17.7 Å². The molecule has 0 radical (unpaired) electrons. The number of halogens is 2. The van der Waals surface area contributed by atoms with Gasteiger partial charge in [-0.25, -0.2) is 12.8 Å². The highest BCUT2D eigenvalue weighted by molar-refractivity contribution is 7.89. The number of nitrogens with zero attached hydrogens (tertiary/aromatic N) is 1. The van der Waals surface area contributed by atoms with Crippen LogP contribution in [0.4, 0.5) is 10.1 Å². The van der Waals surface area contributed by atoms with Crippen molar-refractivity contribution in [3.05, 3.63) is 53.3 Å². The van der Waals surface area contributed by atoms with Gasteiger partial charge in [0.1, 0.15) is 11.6 Å². The molecule has 1 fully saturated rings. The average molecular weight is 427 g/mol. The summed E-state index contributed by atoms with van der Waals surface area (Å²) in [6.45, 7) is 0.413. The first-order valence-electron chi connectivity index (χ1n) is 8.71. The topological polar surface area (TPSA) is 75.7 Å². The first-order valence-corrected chi connectivity index (χ1v) is 10.5. The fourth-order valence-electron chi connectivity index (χ4n) is 3.06. The van der Waals surface area contributed by atoms with Crippen LogP contribution >= 0.6 is 11.6 Å². The molecule has 1 saturated heterocycles. The fraction of sp³-hybridized carbons (Fsp3) is 0.316. The lowest BCUT2D eigenvalue weighted by Crippen LogP contribution is -2.41. The first-order chi connectivity index (χ1) is 13.3. The van der Waals surface area contributed by atoms with Gasteiger partial charge in [-0.05, 0) is 55.3 Å². The minimum absolute atomic E-state index is 0.0555. The molecule has 3 rings (SSSR count). The number of nitrogens with one attached hydrogen (secondary N) is 1. The maximum Gasteiger partial charge on any atom is 0.243 e. The van der Waals surface area contributed by atoms with E-state index in [-0.39, 0.29) is 34.8 Å². The Hall–Kier alpha value is -2.16. The van der Waals surface area contributed by atoms with Gasteiger partial charge in [-0.2, -0.15) is 4.31 Å². The molecule has 0 aromatic heterocycles. The van der Waals surface area contributed by atoms with Crippen molar-refractivity contribution in [1.29, 1.82) is 0 Å². The first kappa shape index (κ1) is 20.6. The predicted octanol–water partition coefficient (Wildman–Crippen LogP) is 3.53. The van der Waals surface area contributed by atoms with Gasteiger partial charge in [0, 0.05) is 24.7 Å². The smallest absolute Gasteiger partial charge is 0.243 e. The van der Waals surface area contributed by atoms with Crippen LogP contribution in [-0.4, -0.2) is 38.8 Å². The molecular formula is C19H20ClFN2O4S. The molecule has 0 spiro atoms. The molecule has 0 bridgehead atoms. The summed E-state index contributed by atoms with van der Waals surface area (Å²) in [6.07, 6.45) is 0.798. The van der Waals surface area contributed by atoms with Gasteiger partial charge in [-0.3, -0.25) is 4.79 Å². The number of piperidine rings is 1. The largest absolute Gasteiger partial charge is 0.497 e. The molecule has 0 unspecified atom stereocenters. The van der Waals surface area contributed by atoms with Crippen LogP contribution in [0.2, 0.25) is 5.02 Å². The zero-order valence-electron chi connectivity index (χ0n) is 15.2. The standard InChI is InChI=1S/C19H20ClFN2O4S/c1-27-15-4-2-14(3-5-15)22-19(24)13-8-10-23(11-9-13)28(25,26)16-6-7-18(21)17(20)12-16/h2-7,12-13H,8-11H2,1H3,(H,22,24). The highest BCUT2D eigenvalue weighted by Crippen LogP contribution is 2.27. The van der Waals surface area contributed by atoms with Gasteiger partial charge in [0.05, 0.1) is 17.0 Å². The summed E-state index contributed by atoms with van der Waals surface area (Å²) in [4.78, 5) is 12.4. The molecular weight excluding hydrogens is 407 g/mol. The van der Waals surface area contributed by atoms with Crippen LogP contribution < -0.4 is 10.1 Å². The number of amides is 1. The van der Waals surface area contributed by atoms with E-state index in [4.69, 9.17) is 16.3 Å². The molecule has 2 aromatic carbocycles. The highest BCUT2D eigenvalue weighted by Gasteiger charge is 2.32. The van der Waals surface area contributed by atoms with Crippen molar-refractivity contribution in [3.63, 3.8) is 0 Å². The minimum atomic E-state index is -3.78. The Morgan fingerprint density at radius 3 is 2.39 bits per heavy atom. The van der Waals surface area contributed by atoms with Gasteiger partial charge in [0.15, 0.2) is 0 Å². The summed E-state index contributed by atoms with van der Waals surface area (Å²) < 4.78 is 45.1. The van der Waals surface area contributed by atoms with E-state index in [0.29, 0.717) is 24.3 Å². The quantitative estimate of drug-likeness (QED) is 0.793. The van der Waals surface area contributed by atoms with Crippen LogP contribution in [0.25, 0.3) is 0 Å². The molecule has 9 heteroatoms. The molecule has 1 heterocycles. The van der Waals surface area contributed by atoms with E-state index < -0.39 is 15.8 Å². The lowest BCUT2D eigenvalue weighted by Gasteiger charge is -2.30. The maximum atomic E-state index is 13.3.